The highest BCUT2D eigenvalue weighted by Crippen LogP contribution is 2.34. The summed E-state index contributed by atoms with van der Waals surface area (Å²) in [7, 11) is 1.58. The molecule has 0 saturated heterocycles. The van der Waals surface area contributed by atoms with E-state index >= 15 is 0 Å². The molecule has 4 heterocycles. The Morgan fingerprint density at radius 2 is 1.92 bits per heavy atom. The Morgan fingerprint density at radius 1 is 1.12 bits per heavy atom. The highest BCUT2D eigenvalue weighted by Gasteiger charge is 2.27. The van der Waals surface area contributed by atoms with Crippen LogP contribution >= 0.6 is 11.6 Å². The Hall–Kier alpha value is -2.80. The van der Waals surface area contributed by atoms with Gasteiger partial charge in [0.2, 0.25) is 5.88 Å². The summed E-state index contributed by atoms with van der Waals surface area (Å²) in [5, 5.41) is 0.595. The van der Waals surface area contributed by atoms with Crippen molar-refractivity contribution in [2.24, 2.45) is 0 Å². The van der Waals surface area contributed by atoms with E-state index in [2.05, 4.69) is 36.7 Å². The molecule has 1 atom stereocenters. The molecule has 1 aliphatic rings. The number of aromatic nitrogens is 5. The molecule has 0 fully saturated rings. The molecule has 1 aliphatic heterocycles. The molecule has 26 heavy (non-hydrogen) atoms. The van der Waals surface area contributed by atoms with E-state index in [-0.39, 0.29) is 6.04 Å². The number of halogens is 1. The van der Waals surface area contributed by atoms with Crippen LogP contribution in [0.2, 0.25) is 5.02 Å². The molecular weight excluding hydrogens is 352 g/mol. The lowest BCUT2D eigenvalue weighted by Crippen LogP contribution is -2.35. The van der Waals surface area contributed by atoms with Crippen LogP contribution in [-0.2, 0) is 6.42 Å². The van der Waals surface area contributed by atoms with Gasteiger partial charge >= 0.3 is 0 Å². The van der Waals surface area contributed by atoms with E-state index in [9.17, 15) is 0 Å². The van der Waals surface area contributed by atoms with Gasteiger partial charge in [-0.15, -0.1) is 0 Å². The van der Waals surface area contributed by atoms with E-state index in [1.165, 1.54) is 0 Å². The maximum absolute atomic E-state index is 6.20. The van der Waals surface area contributed by atoms with E-state index in [1.54, 1.807) is 31.6 Å². The third-order valence-corrected chi connectivity index (χ3v) is 4.65. The van der Waals surface area contributed by atoms with Gasteiger partial charge in [-0.1, -0.05) is 11.6 Å². The zero-order chi connectivity index (χ0) is 18.1. The molecule has 0 bridgehead atoms. The zero-order valence-electron chi connectivity index (χ0n) is 14.4. The van der Waals surface area contributed by atoms with Crippen molar-refractivity contribution in [2.45, 2.75) is 19.4 Å². The first-order valence-corrected chi connectivity index (χ1v) is 8.65. The average Bonchev–Trinajstić information content (AvgIpc) is 2.68. The fraction of sp³-hybridized carbons (Fsp3) is 0.278. The van der Waals surface area contributed by atoms with Crippen molar-refractivity contribution in [1.82, 2.24) is 24.9 Å². The molecule has 0 N–H and O–H groups in total. The monoisotopic (exact) mass is 368 g/mol. The maximum Gasteiger partial charge on any atom is 0.216 e. The van der Waals surface area contributed by atoms with Gasteiger partial charge in [-0.2, -0.15) is 4.98 Å². The summed E-state index contributed by atoms with van der Waals surface area (Å²) >= 11 is 6.20. The summed E-state index contributed by atoms with van der Waals surface area (Å²) in [6.07, 6.45) is 6.01. The second-order valence-corrected chi connectivity index (χ2v) is 6.41. The molecule has 3 aromatic heterocycles. The molecule has 0 amide bonds. The van der Waals surface area contributed by atoms with Crippen LogP contribution in [0.5, 0.6) is 5.88 Å². The van der Waals surface area contributed by atoms with Crippen molar-refractivity contribution >= 4 is 17.4 Å². The molecule has 132 valence electrons. The lowest BCUT2D eigenvalue weighted by atomic mass is 9.99. The second kappa shape index (κ2) is 6.84. The molecular formula is C18H17ClN6O. The van der Waals surface area contributed by atoms with E-state index in [4.69, 9.17) is 16.3 Å². The number of anilines is 1. The van der Waals surface area contributed by atoms with Gasteiger partial charge in [0.25, 0.3) is 0 Å². The lowest BCUT2D eigenvalue weighted by molar-refractivity contribution is 0.397. The molecule has 7 nitrogen and oxygen atoms in total. The molecule has 0 saturated carbocycles. The molecule has 0 radical (unpaired) electrons. The summed E-state index contributed by atoms with van der Waals surface area (Å²) < 4.78 is 5.24. The van der Waals surface area contributed by atoms with Crippen LogP contribution in [0.4, 0.5) is 5.82 Å². The van der Waals surface area contributed by atoms with Crippen molar-refractivity contribution < 1.29 is 4.74 Å². The summed E-state index contributed by atoms with van der Waals surface area (Å²) in [4.78, 5) is 24.3. The van der Waals surface area contributed by atoms with Gasteiger partial charge in [0.05, 0.1) is 18.8 Å². The minimum Gasteiger partial charge on any atom is -0.481 e. The summed E-state index contributed by atoms with van der Waals surface area (Å²) in [5.74, 6) is 2.36. The molecule has 8 heteroatoms. The van der Waals surface area contributed by atoms with Crippen molar-refractivity contribution in [2.75, 3.05) is 18.6 Å². The van der Waals surface area contributed by atoms with Gasteiger partial charge in [-0.3, -0.25) is 0 Å². The molecule has 3 aromatic rings. The number of nitrogens with zero attached hydrogens (tertiary/aromatic N) is 6. The first-order valence-electron chi connectivity index (χ1n) is 8.27. The number of hydrogen-bond acceptors (Lipinski definition) is 7. The third-order valence-electron chi connectivity index (χ3n) is 4.43. The highest BCUT2D eigenvalue weighted by atomic mass is 35.5. The predicted octanol–water partition coefficient (Wildman–Crippen LogP) is 3.11. The fourth-order valence-corrected chi connectivity index (χ4v) is 3.30. The standard InChI is InChI=1S/C18H17ClN6O/c1-11-13-10-22-18(17-20-5-3-6-21-17)23-14(13)4-7-25(11)15-8-12(19)9-16(24-15)26-2/h3,5-6,8-11H,4,7H2,1-2H3. The van der Waals surface area contributed by atoms with Gasteiger partial charge in [0, 0.05) is 48.2 Å². The van der Waals surface area contributed by atoms with Crippen molar-refractivity contribution in [3.8, 4) is 17.5 Å². The smallest absolute Gasteiger partial charge is 0.216 e. The molecule has 0 spiro atoms. The molecule has 4 rings (SSSR count). The Morgan fingerprint density at radius 3 is 2.69 bits per heavy atom. The van der Waals surface area contributed by atoms with Crippen LogP contribution in [0.25, 0.3) is 11.6 Å². The van der Waals surface area contributed by atoms with Crippen LogP contribution in [0, 0.1) is 0 Å². The fourth-order valence-electron chi connectivity index (χ4n) is 3.11. The zero-order valence-corrected chi connectivity index (χ0v) is 15.2. The summed E-state index contributed by atoms with van der Waals surface area (Å²) in [5.41, 5.74) is 2.08. The third kappa shape index (κ3) is 3.06. The van der Waals surface area contributed by atoms with Gasteiger partial charge in [-0.05, 0) is 19.1 Å². The van der Waals surface area contributed by atoms with Crippen molar-refractivity contribution in [1.29, 1.82) is 0 Å². The number of pyridine rings is 1. The van der Waals surface area contributed by atoms with E-state index in [0.29, 0.717) is 22.6 Å². The van der Waals surface area contributed by atoms with Crippen molar-refractivity contribution in [3.63, 3.8) is 0 Å². The Kier molecular flexibility index (Phi) is 4.38. The van der Waals surface area contributed by atoms with Crippen LogP contribution < -0.4 is 9.64 Å². The number of ether oxygens (including phenoxy) is 1. The number of hydrogen-bond donors (Lipinski definition) is 0. The Labute approximate surface area is 156 Å². The molecule has 0 aromatic carbocycles. The average molecular weight is 369 g/mol. The minimum atomic E-state index is 0.0696. The second-order valence-electron chi connectivity index (χ2n) is 5.97. The van der Waals surface area contributed by atoms with Crippen LogP contribution in [0.3, 0.4) is 0 Å². The maximum atomic E-state index is 6.20. The van der Waals surface area contributed by atoms with Gasteiger partial charge < -0.3 is 9.64 Å². The lowest BCUT2D eigenvalue weighted by Gasteiger charge is -2.35. The number of rotatable bonds is 3. The molecule has 1 unspecified atom stereocenters. The van der Waals surface area contributed by atoms with Gasteiger partial charge in [-0.25, -0.2) is 19.9 Å². The summed E-state index contributed by atoms with van der Waals surface area (Å²) in [6.45, 7) is 2.88. The van der Waals surface area contributed by atoms with Crippen molar-refractivity contribution in [3.05, 3.63) is 53.1 Å². The number of methoxy groups -OCH3 is 1. The first-order chi connectivity index (χ1) is 12.7. The quantitative estimate of drug-likeness (QED) is 0.702. The number of fused-ring (bicyclic) bond motifs is 1. The Balaban J connectivity index is 1.67. The van der Waals surface area contributed by atoms with E-state index < -0.39 is 0 Å². The topological polar surface area (TPSA) is 76.9 Å². The van der Waals surface area contributed by atoms with Gasteiger partial charge in [0.1, 0.15) is 5.82 Å². The van der Waals surface area contributed by atoms with Gasteiger partial charge in [0.15, 0.2) is 11.6 Å². The Bertz CT molecular complexity index is 936. The predicted molar refractivity (Wildman–Crippen MR) is 98.3 cm³/mol. The highest BCUT2D eigenvalue weighted by molar-refractivity contribution is 6.30. The largest absolute Gasteiger partial charge is 0.481 e. The van der Waals surface area contributed by atoms with Crippen LogP contribution in [0.15, 0.2) is 36.8 Å². The summed E-state index contributed by atoms with van der Waals surface area (Å²) in [6, 6.07) is 5.38. The van der Waals surface area contributed by atoms with Crippen LogP contribution in [-0.4, -0.2) is 38.6 Å². The minimum absolute atomic E-state index is 0.0696. The first kappa shape index (κ1) is 16.7. The van der Waals surface area contributed by atoms with E-state index in [0.717, 1.165) is 30.0 Å². The SMILES string of the molecule is COc1cc(Cl)cc(N2CCc3nc(-c4ncccn4)ncc3C2C)n1. The molecule has 0 aliphatic carbocycles. The van der Waals surface area contributed by atoms with Crippen LogP contribution in [0.1, 0.15) is 24.2 Å². The normalized spacial score (nSPS) is 16.3. The van der Waals surface area contributed by atoms with E-state index in [1.807, 2.05) is 12.3 Å².